The van der Waals surface area contributed by atoms with E-state index in [0.29, 0.717) is 21.3 Å². The molecule has 0 aromatic heterocycles. The summed E-state index contributed by atoms with van der Waals surface area (Å²) in [5, 5.41) is 0.546. The Morgan fingerprint density at radius 3 is 2.83 bits per heavy atom. The summed E-state index contributed by atoms with van der Waals surface area (Å²) in [6.45, 7) is 5.74. The number of aryl methyl sites for hydroxylation is 1. The van der Waals surface area contributed by atoms with Crippen molar-refractivity contribution in [3.8, 4) is 0 Å². The summed E-state index contributed by atoms with van der Waals surface area (Å²) in [5.41, 5.74) is 1.68. The molecule has 0 N–H and O–H groups in total. The van der Waals surface area contributed by atoms with Crippen molar-refractivity contribution in [1.82, 2.24) is 4.90 Å². The van der Waals surface area contributed by atoms with Crippen LogP contribution in [-0.2, 0) is 0 Å². The van der Waals surface area contributed by atoms with Crippen molar-refractivity contribution < 1.29 is 4.79 Å². The Hall–Kier alpha value is -0.540. The highest BCUT2D eigenvalue weighted by Crippen LogP contribution is 2.26. The predicted octanol–water partition coefficient (Wildman–Crippen LogP) is 3.89. The first-order chi connectivity index (χ1) is 8.49. The molecule has 1 aromatic carbocycles. The van der Waals surface area contributed by atoms with Crippen molar-refractivity contribution in [2.45, 2.75) is 25.1 Å². The number of hydrogen-bond donors (Lipinski definition) is 0. The van der Waals surface area contributed by atoms with Gasteiger partial charge in [0.15, 0.2) is 0 Å². The van der Waals surface area contributed by atoms with E-state index >= 15 is 0 Å². The molecule has 1 aromatic rings. The Bertz CT molecular complexity index is 463. The van der Waals surface area contributed by atoms with Crippen LogP contribution in [0.2, 0.25) is 5.02 Å². The molecule has 1 fully saturated rings. The van der Waals surface area contributed by atoms with Gasteiger partial charge >= 0.3 is 0 Å². The number of halogens is 2. The van der Waals surface area contributed by atoms with Gasteiger partial charge in [-0.2, -0.15) is 0 Å². The van der Waals surface area contributed by atoms with Crippen molar-refractivity contribution >= 4 is 33.4 Å². The maximum Gasteiger partial charge on any atom is 0.255 e. The van der Waals surface area contributed by atoms with E-state index in [1.165, 1.54) is 0 Å². The zero-order chi connectivity index (χ0) is 13.3. The maximum atomic E-state index is 12.4. The Morgan fingerprint density at radius 2 is 2.22 bits per heavy atom. The average Bonchev–Trinajstić information content (AvgIpc) is 2.32. The van der Waals surface area contributed by atoms with Gasteiger partial charge in [-0.15, -0.1) is 0 Å². The number of piperidine rings is 1. The number of carbonyl (C=O) groups excluding carboxylic acids is 1. The van der Waals surface area contributed by atoms with Crippen LogP contribution in [0, 0.1) is 12.8 Å². The topological polar surface area (TPSA) is 20.3 Å². The van der Waals surface area contributed by atoms with Gasteiger partial charge in [-0.05, 0) is 37.0 Å². The van der Waals surface area contributed by atoms with Crippen molar-refractivity contribution in [3.63, 3.8) is 0 Å². The van der Waals surface area contributed by atoms with E-state index in [0.717, 1.165) is 25.1 Å². The summed E-state index contributed by atoms with van der Waals surface area (Å²) in [6, 6.07) is 5.59. The quantitative estimate of drug-likeness (QED) is 0.715. The third-order valence-corrected chi connectivity index (χ3v) is 5.01. The lowest BCUT2D eigenvalue weighted by atomic mass is 9.98. The van der Waals surface area contributed by atoms with Gasteiger partial charge in [0.1, 0.15) is 0 Å². The van der Waals surface area contributed by atoms with Gasteiger partial charge in [0.05, 0.1) is 10.6 Å². The Balaban J connectivity index is 2.16. The predicted molar refractivity (Wildman–Crippen MR) is 78.6 cm³/mol. The average molecular weight is 331 g/mol. The van der Waals surface area contributed by atoms with Gasteiger partial charge in [0.25, 0.3) is 5.91 Å². The molecule has 2 nitrogen and oxygen atoms in total. The molecular formula is C14H17BrClNO. The minimum absolute atomic E-state index is 0.0383. The lowest BCUT2D eigenvalue weighted by Gasteiger charge is -2.34. The fraction of sp³-hybridized carbons (Fsp3) is 0.500. The Morgan fingerprint density at radius 1 is 1.50 bits per heavy atom. The highest BCUT2D eigenvalue weighted by atomic mass is 79.9. The molecule has 2 atom stereocenters. The summed E-state index contributed by atoms with van der Waals surface area (Å²) in [4.78, 5) is 14.7. The second kappa shape index (κ2) is 5.62. The first-order valence-electron chi connectivity index (χ1n) is 6.18. The van der Waals surface area contributed by atoms with Gasteiger partial charge in [0, 0.05) is 17.9 Å². The Kier molecular flexibility index (Phi) is 4.33. The number of likely N-dealkylation sites (tertiary alicyclic amines) is 1. The molecule has 0 spiro atoms. The zero-order valence-electron chi connectivity index (χ0n) is 10.6. The molecule has 2 unspecified atom stereocenters. The smallest absolute Gasteiger partial charge is 0.255 e. The Labute approximate surface area is 121 Å². The van der Waals surface area contributed by atoms with E-state index in [-0.39, 0.29) is 5.91 Å². The van der Waals surface area contributed by atoms with Crippen LogP contribution in [0.4, 0.5) is 0 Å². The van der Waals surface area contributed by atoms with Crippen LogP contribution in [0.1, 0.15) is 29.3 Å². The number of rotatable bonds is 1. The standard InChI is InChI=1S/C14H17BrClNO/c1-9-3-4-11(13(16)7-9)14(18)17-6-5-10(2)12(15)8-17/h3-4,7,10,12H,5-6,8H2,1-2H3. The van der Waals surface area contributed by atoms with Gasteiger partial charge < -0.3 is 4.90 Å². The number of benzene rings is 1. The van der Waals surface area contributed by atoms with Crippen molar-refractivity contribution in [1.29, 1.82) is 0 Å². The molecule has 2 rings (SSSR count). The summed E-state index contributed by atoms with van der Waals surface area (Å²) < 4.78 is 0. The SMILES string of the molecule is Cc1ccc(C(=O)N2CCC(C)C(Br)C2)c(Cl)c1. The first kappa shape index (κ1) is 13.9. The summed E-state index contributed by atoms with van der Waals surface area (Å²) >= 11 is 9.79. The fourth-order valence-electron chi connectivity index (χ4n) is 2.17. The number of alkyl halides is 1. The molecule has 0 aliphatic carbocycles. The molecule has 4 heteroatoms. The van der Waals surface area contributed by atoms with E-state index in [1.807, 2.05) is 30.0 Å². The fourth-order valence-corrected chi connectivity index (χ4v) is 3.10. The molecule has 1 aliphatic heterocycles. The molecule has 18 heavy (non-hydrogen) atoms. The molecule has 0 saturated carbocycles. The summed E-state index contributed by atoms with van der Waals surface area (Å²) in [7, 11) is 0. The highest BCUT2D eigenvalue weighted by molar-refractivity contribution is 9.09. The van der Waals surface area contributed by atoms with Crippen LogP contribution in [-0.4, -0.2) is 28.7 Å². The normalized spacial score (nSPS) is 24.1. The van der Waals surface area contributed by atoms with Crippen molar-refractivity contribution in [3.05, 3.63) is 34.3 Å². The van der Waals surface area contributed by atoms with Gasteiger partial charge in [-0.25, -0.2) is 0 Å². The molecule has 1 aliphatic rings. The summed E-state index contributed by atoms with van der Waals surface area (Å²) in [5.74, 6) is 0.652. The van der Waals surface area contributed by atoms with Gasteiger partial charge in [-0.1, -0.05) is 40.5 Å². The van der Waals surface area contributed by atoms with E-state index in [2.05, 4.69) is 22.9 Å². The van der Waals surface area contributed by atoms with E-state index < -0.39 is 0 Å². The van der Waals surface area contributed by atoms with Crippen LogP contribution < -0.4 is 0 Å². The van der Waals surface area contributed by atoms with E-state index in [1.54, 1.807) is 0 Å². The third-order valence-electron chi connectivity index (χ3n) is 3.51. The molecule has 98 valence electrons. The zero-order valence-corrected chi connectivity index (χ0v) is 13.0. The molecule has 1 heterocycles. The maximum absolute atomic E-state index is 12.4. The monoisotopic (exact) mass is 329 g/mol. The number of nitrogens with zero attached hydrogens (tertiary/aromatic N) is 1. The number of amides is 1. The number of hydrogen-bond acceptors (Lipinski definition) is 1. The van der Waals surface area contributed by atoms with Crippen LogP contribution in [0.5, 0.6) is 0 Å². The highest BCUT2D eigenvalue weighted by Gasteiger charge is 2.28. The molecular weight excluding hydrogens is 314 g/mol. The van der Waals surface area contributed by atoms with E-state index in [9.17, 15) is 4.79 Å². The van der Waals surface area contributed by atoms with Crippen molar-refractivity contribution in [2.75, 3.05) is 13.1 Å². The van der Waals surface area contributed by atoms with Gasteiger partial charge in [0.2, 0.25) is 0 Å². The summed E-state index contributed by atoms with van der Waals surface area (Å²) in [6.07, 6.45) is 1.03. The van der Waals surface area contributed by atoms with Crippen LogP contribution in [0.25, 0.3) is 0 Å². The molecule has 1 amide bonds. The lowest BCUT2D eigenvalue weighted by Crippen LogP contribution is -2.43. The van der Waals surface area contributed by atoms with Crippen LogP contribution in [0.15, 0.2) is 18.2 Å². The van der Waals surface area contributed by atoms with Crippen LogP contribution >= 0.6 is 27.5 Å². The van der Waals surface area contributed by atoms with Gasteiger partial charge in [-0.3, -0.25) is 4.79 Å². The lowest BCUT2D eigenvalue weighted by molar-refractivity contribution is 0.0706. The first-order valence-corrected chi connectivity index (χ1v) is 7.48. The second-order valence-electron chi connectivity index (χ2n) is 5.02. The van der Waals surface area contributed by atoms with Crippen LogP contribution in [0.3, 0.4) is 0 Å². The largest absolute Gasteiger partial charge is 0.337 e. The molecule has 0 radical (unpaired) electrons. The van der Waals surface area contributed by atoms with Crippen molar-refractivity contribution in [2.24, 2.45) is 5.92 Å². The minimum Gasteiger partial charge on any atom is -0.337 e. The van der Waals surface area contributed by atoms with E-state index in [4.69, 9.17) is 11.6 Å². The molecule has 0 bridgehead atoms. The molecule has 1 saturated heterocycles. The second-order valence-corrected chi connectivity index (χ2v) is 6.60. The third kappa shape index (κ3) is 2.89. The minimum atomic E-state index is 0.0383. The number of carbonyl (C=O) groups is 1.